The number of hydrogen-bond acceptors (Lipinski definition) is 5. The first-order chi connectivity index (χ1) is 9.74. The van der Waals surface area contributed by atoms with Crippen LogP contribution in [0, 0.1) is 0 Å². The lowest BCUT2D eigenvalue weighted by molar-refractivity contribution is -0.0726. The highest BCUT2D eigenvalue weighted by molar-refractivity contribution is 5.83. The van der Waals surface area contributed by atoms with E-state index in [4.69, 9.17) is 9.84 Å². The molecular formula is C14H20FN3O3. The van der Waals surface area contributed by atoms with Crippen LogP contribution in [0.5, 0.6) is 0 Å². The summed E-state index contributed by atoms with van der Waals surface area (Å²) in [6.07, 6.45) is 0.420. The zero-order chi connectivity index (χ0) is 15.6. The van der Waals surface area contributed by atoms with Crippen LogP contribution < -0.4 is 4.90 Å². The molecule has 0 amide bonds. The zero-order valence-electron chi connectivity index (χ0n) is 12.4. The summed E-state index contributed by atoms with van der Waals surface area (Å²) in [5.41, 5.74) is -0.356. The van der Waals surface area contributed by atoms with Crippen molar-refractivity contribution >= 4 is 11.8 Å². The van der Waals surface area contributed by atoms with Crippen molar-refractivity contribution in [3.8, 4) is 0 Å². The molecule has 0 spiro atoms. The van der Waals surface area contributed by atoms with Crippen molar-refractivity contribution in [2.75, 3.05) is 18.0 Å². The van der Waals surface area contributed by atoms with Crippen molar-refractivity contribution < 1.29 is 19.0 Å². The zero-order valence-corrected chi connectivity index (χ0v) is 12.4. The van der Waals surface area contributed by atoms with Gasteiger partial charge in [-0.3, -0.25) is 0 Å². The molecule has 21 heavy (non-hydrogen) atoms. The normalized spacial score (nSPS) is 23.1. The third kappa shape index (κ3) is 4.35. The molecule has 116 valence electrons. The Hall–Kier alpha value is -1.76. The maximum atomic E-state index is 13.9. The number of carbonyl (C=O) groups is 1. The number of aromatic nitrogens is 2. The SMILES string of the molecule is CC(C)(C)O[C@H]1C[C@@H](F)CN(c2ccnc(C(=O)O)n2)C1. The molecule has 1 aromatic rings. The van der Waals surface area contributed by atoms with Crippen LogP contribution in [0.4, 0.5) is 10.2 Å². The number of nitrogens with zero attached hydrogens (tertiary/aromatic N) is 3. The van der Waals surface area contributed by atoms with Gasteiger partial charge in [-0.1, -0.05) is 0 Å². The van der Waals surface area contributed by atoms with Crippen LogP contribution in [0.3, 0.4) is 0 Å². The van der Waals surface area contributed by atoms with E-state index in [-0.39, 0.29) is 24.1 Å². The highest BCUT2D eigenvalue weighted by Crippen LogP contribution is 2.24. The maximum Gasteiger partial charge on any atom is 0.374 e. The maximum absolute atomic E-state index is 13.9. The molecule has 1 saturated heterocycles. The monoisotopic (exact) mass is 297 g/mol. The smallest absolute Gasteiger partial charge is 0.374 e. The minimum atomic E-state index is -1.20. The Morgan fingerprint density at radius 2 is 2.19 bits per heavy atom. The quantitative estimate of drug-likeness (QED) is 0.918. The first-order valence-electron chi connectivity index (χ1n) is 6.88. The Kier molecular flexibility index (Phi) is 4.41. The van der Waals surface area contributed by atoms with Gasteiger partial charge in [0.05, 0.1) is 18.2 Å². The minimum Gasteiger partial charge on any atom is -0.475 e. The summed E-state index contributed by atoms with van der Waals surface area (Å²) in [6, 6.07) is 1.58. The minimum absolute atomic E-state index is 0.181. The molecule has 0 saturated carbocycles. The van der Waals surface area contributed by atoms with Crippen molar-refractivity contribution in [2.45, 2.75) is 45.1 Å². The lowest BCUT2D eigenvalue weighted by atomic mass is 10.0. The first-order valence-corrected chi connectivity index (χ1v) is 6.88. The molecule has 2 atom stereocenters. The highest BCUT2D eigenvalue weighted by Gasteiger charge is 2.31. The van der Waals surface area contributed by atoms with E-state index in [1.54, 1.807) is 11.0 Å². The molecule has 0 aliphatic carbocycles. The van der Waals surface area contributed by atoms with Gasteiger partial charge in [0.15, 0.2) is 0 Å². The molecule has 1 aromatic heterocycles. The van der Waals surface area contributed by atoms with E-state index >= 15 is 0 Å². The summed E-state index contributed by atoms with van der Waals surface area (Å²) >= 11 is 0. The van der Waals surface area contributed by atoms with Crippen LogP contribution in [0.2, 0.25) is 0 Å². The summed E-state index contributed by atoms with van der Waals surface area (Å²) in [7, 11) is 0. The Balaban J connectivity index is 2.15. The Morgan fingerprint density at radius 3 is 2.81 bits per heavy atom. The van der Waals surface area contributed by atoms with Crippen molar-refractivity contribution in [2.24, 2.45) is 0 Å². The molecule has 0 unspecified atom stereocenters. The van der Waals surface area contributed by atoms with Gasteiger partial charge >= 0.3 is 5.97 Å². The van der Waals surface area contributed by atoms with E-state index in [1.165, 1.54) is 6.20 Å². The predicted octanol–water partition coefficient (Wildman–Crippen LogP) is 1.91. The van der Waals surface area contributed by atoms with Gasteiger partial charge in [-0.15, -0.1) is 0 Å². The number of alkyl halides is 1. The van der Waals surface area contributed by atoms with Crippen LogP contribution in [-0.4, -0.2) is 52.0 Å². The summed E-state index contributed by atoms with van der Waals surface area (Å²) in [4.78, 5) is 20.2. The summed E-state index contributed by atoms with van der Waals surface area (Å²) in [5, 5.41) is 8.92. The summed E-state index contributed by atoms with van der Waals surface area (Å²) < 4.78 is 19.8. The average Bonchev–Trinajstić information content (AvgIpc) is 2.36. The Labute approximate surface area is 123 Å². The average molecular weight is 297 g/mol. The number of halogens is 1. The van der Waals surface area contributed by atoms with Gasteiger partial charge < -0.3 is 14.7 Å². The second-order valence-electron chi connectivity index (χ2n) is 6.13. The van der Waals surface area contributed by atoms with Crippen molar-refractivity contribution in [3.05, 3.63) is 18.1 Å². The van der Waals surface area contributed by atoms with Crippen LogP contribution in [0.15, 0.2) is 12.3 Å². The van der Waals surface area contributed by atoms with Gasteiger partial charge in [-0.25, -0.2) is 19.2 Å². The Morgan fingerprint density at radius 1 is 1.48 bits per heavy atom. The van der Waals surface area contributed by atoms with Crippen LogP contribution >= 0.6 is 0 Å². The fourth-order valence-corrected chi connectivity index (χ4v) is 2.39. The first kappa shape index (κ1) is 15.6. The van der Waals surface area contributed by atoms with E-state index in [1.807, 2.05) is 20.8 Å². The molecular weight excluding hydrogens is 277 g/mol. The van der Waals surface area contributed by atoms with Crippen molar-refractivity contribution in [1.29, 1.82) is 0 Å². The standard InChI is InChI=1S/C14H20FN3O3/c1-14(2,3)21-10-6-9(15)7-18(8-10)11-4-5-16-12(17-11)13(19)20/h4-5,9-10H,6-8H2,1-3H3,(H,19,20)/t9-,10+/m1/s1. The molecule has 2 rings (SSSR count). The predicted molar refractivity (Wildman–Crippen MR) is 75.3 cm³/mol. The van der Waals surface area contributed by atoms with E-state index in [0.29, 0.717) is 18.8 Å². The highest BCUT2D eigenvalue weighted by atomic mass is 19.1. The van der Waals surface area contributed by atoms with E-state index in [9.17, 15) is 9.18 Å². The molecule has 1 aliphatic rings. The summed E-state index contributed by atoms with van der Waals surface area (Å²) in [6.45, 7) is 6.43. The number of piperidine rings is 1. The number of hydrogen-bond donors (Lipinski definition) is 1. The van der Waals surface area contributed by atoms with E-state index < -0.39 is 12.1 Å². The molecule has 7 heteroatoms. The van der Waals surface area contributed by atoms with Crippen LogP contribution in [0.25, 0.3) is 0 Å². The second-order valence-corrected chi connectivity index (χ2v) is 6.13. The molecule has 0 aromatic carbocycles. The number of anilines is 1. The number of rotatable bonds is 3. The molecule has 2 heterocycles. The molecule has 0 bridgehead atoms. The molecule has 1 N–H and O–H groups in total. The van der Waals surface area contributed by atoms with E-state index in [2.05, 4.69) is 9.97 Å². The van der Waals surface area contributed by atoms with Gasteiger partial charge in [0.25, 0.3) is 0 Å². The third-order valence-corrected chi connectivity index (χ3v) is 3.04. The summed E-state index contributed by atoms with van der Waals surface area (Å²) in [5.74, 6) is -1.08. The molecule has 1 fully saturated rings. The van der Waals surface area contributed by atoms with Gasteiger partial charge in [0, 0.05) is 19.2 Å². The molecule has 0 radical (unpaired) electrons. The van der Waals surface area contributed by atoms with Gasteiger partial charge in [0.1, 0.15) is 12.0 Å². The van der Waals surface area contributed by atoms with Gasteiger partial charge in [0.2, 0.25) is 5.82 Å². The number of carboxylic acid groups (broad SMARTS) is 1. The lowest BCUT2D eigenvalue weighted by Gasteiger charge is -2.38. The Bertz CT molecular complexity index is 518. The van der Waals surface area contributed by atoms with Crippen molar-refractivity contribution in [1.82, 2.24) is 9.97 Å². The van der Waals surface area contributed by atoms with Gasteiger partial charge in [-0.05, 0) is 26.8 Å². The number of carboxylic acids is 1. The number of ether oxygens (including phenoxy) is 1. The van der Waals surface area contributed by atoms with Crippen molar-refractivity contribution in [3.63, 3.8) is 0 Å². The topological polar surface area (TPSA) is 75.5 Å². The fourth-order valence-electron chi connectivity index (χ4n) is 2.39. The lowest BCUT2D eigenvalue weighted by Crippen LogP contribution is -2.47. The van der Waals surface area contributed by atoms with Gasteiger partial charge in [-0.2, -0.15) is 0 Å². The third-order valence-electron chi connectivity index (χ3n) is 3.04. The number of aromatic carboxylic acids is 1. The second kappa shape index (κ2) is 5.93. The fraction of sp³-hybridized carbons (Fsp3) is 0.643. The molecule has 1 aliphatic heterocycles. The largest absolute Gasteiger partial charge is 0.475 e. The molecule has 6 nitrogen and oxygen atoms in total. The van der Waals surface area contributed by atoms with E-state index in [0.717, 1.165) is 0 Å². The van der Waals surface area contributed by atoms with Crippen LogP contribution in [0.1, 0.15) is 37.8 Å². The van der Waals surface area contributed by atoms with Crippen LogP contribution in [-0.2, 0) is 4.74 Å².